The van der Waals surface area contributed by atoms with Gasteiger partial charge in [-0.05, 0) is 31.2 Å². The lowest BCUT2D eigenvalue weighted by atomic mass is 10.2. The van der Waals surface area contributed by atoms with E-state index in [0.717, 1.165) is 22.9 Å². The molecule has 0 bridgehead atoms. The van der Waals surface area contributed by atoms with Gasteiger partial charge in [-0.15, -0.1) is 0 Å². The van der Waals surface area contributed by atoms with Crippen LogP contribution in [0.1, 0.15) is 18.7 Å². The molecule has 0 aliphatic heterocycles. The SMILES string of the molecule is C[C@H](N)c1cncn1-c1cccc(Oc2ccccc2)c1. The molecule has 21 heavy (non-hydrogen) atoms. The average Bonchev–Trinajstić information content (AvgIpc) is 2.98. The first-order chi connectivity index (χ1) is 10.2. The molecule has 0 aliphatic carbocycles. The number of benzene rings is 2. The average molecular weight is 279 g/mol. The number of para-hydroxylation sites is 1. The smallest absolute Gasteiger partial charge is 0.129 e. The van der Waals surface area contributed by atoms with E-state index in [2.05, 4.69) is 4.98 Å². The van der Waals surface area contributed by atoms with E-state index >= 15 is 0 Å². The molecule has 2 aromatic carbocycles. The zero-order valence-electron chi connectivity index (χ0n) is 11.8. The third kappa shape index (κ3) is 2.95. The predicted octanol–water partition coefficient (Wildman–Crippen LogP) is 3.68. The molecule has 1 atom stereocenters. The van der Waals surface area contributed by atoms with E-state index < -0.39 is 0 Å². The van der Waals surface area contributed by atoms with Crippen molar-refractivity contribution in [3.63, 3.8) is 0 Å². The second kappa shape index (κ2) is 5.81. The van der Waals surface area contributed by atoms with Crippen molar-refractivity contribution in [1.29, 1.82) is 0 Å². The highest BCUT2D eigenvalue weighted by Crippen LogP contribution is 2.24. The highest BCUT2D eigenvalue weighted by Gasteiger charge is 2.09. The molecule has 2 N–H and O–H groups in total. The molecular weight excluding hydrogens is 262 g/mol. The van der Waals surface area contributed by atoms with Crippen molar-refractivity contribution in [2.75, 3.05) is 0 Å². The molecule has 4 nitrogen and oxygen atoms in total. The van der Waals surface area contributed by atoms with E-state index in [1.807, 2.05) is 66.1 Å². The van der Waals surface area contributed by atoms with Crippen LogP contribution < -0.4 is 10.5 Å². The van der Waals surface area contributed by atoms with Gasteiger partial charge < -0.3 is 15.0 Å². The summed E-state index contributed by atoms with van der Waals surface area (Å²) in [5.74, 6) is 1.59. The van der Waals surface area contributed by atoms with E-state index in [9.17, 15) is 0 Å². The summed E-state index contributed by atoms with van der Waals surface area (Å²) in [6.45, 7) is 1.94. The third-order valence-corrected chi connectivity index (χ3v) is 3.21. The van der Waals surface area contributed by atoms with E-state index in [-0.39, 0.29) is 6.04 Å². The van der Waals surface area contributed by atoms with Gasteiger partial charge in [0.2, 0.25) is 0 Å². The number of rotatable bonds is 4. The van der Waals surface area contributed by atoms with Crippen LogP contribution >= 0.6 is 0 Å². The van der Waals surface area contributed by atoms with Crippen LogP contribution in [0, 0.1) is 0 Å². The minimum Gasteiger partial charge on any atom is -0.457 e. The van der Waals surface area contributed by atoms with Crippen molar-refractivity contribution in [3.8, 4) is 17.2 Å². The molecule has 0 spiro atoms. The molecule has 0 saturated heterocycles. The molecule has 0 amide bonds. The Morgan fingerprint density at radius 3 is 2.57 bits per heavy atom. The maximum atomic E-state index is 5.97. The molecule has 0 fully saturated rings. The summed E-state index contributed by atoms with van der Waals surface area (Å²) in [4.78, 5) is 4.18. The fraction of sp³-hybridized carbons (Fsp3) is 0.118. The molecule has 0 radical (unpaired) electrons. The van der Waals surface area contributed by atoms with Gasteiger partial charge in [0.25, 0.3) is 0 Å². The molecule has 3 aromatic rings. The Morgan fingerprint density at radius 1 is 1.05 bits per heavy atom. The van der Waals surface area contributed by atoms with Crippen LogP contribution in [0.3, 0.4) is 0 Å². The number of imidazole rings is 1. The highest BCUT2D eigenvalue weighted by atomic mass is 16.5. The van der Waals surface area contributed by atoms with Gasteiger partial charge in [-0.2, -0.15) is 0 Å². The van der Waals surface area contributed by atoms with Gasteiger partial charge in [0.1, 0.15) is 11.5 Å². The Labute approximate surface area is 123 Å². The van der Waals surface area contributed by atoms with E-state index in [1.165, 1.54) is 0 Å². The van der Waals surface area contributed by atoms with Gasteiger partial charge in [0.05, 0.1) is 23.9 Å². The fourth-order valence-corrected chi connectivity index (χ4v) is 2.18. The first kappa shape index (κ1) is 13.4. The van der Waals surface area contributed by atoms with Gasteiger partial charge in [-0.1, -0.05) is 24.3 Å². The van der Waals surface area contributed by atoms with Crippen LogP contribution in [-0.4, -0.2) is 9.55 Å². The Bertz CT molecular complexity index is 720. The van der Waals surface area contributed by atoms with Crippen molar-refractivity contribution in [3.05, 3.63) is 72.8 Å². The Balaban J connectivity index is 1.91. The van der Waals surface area contributed by atoms with Crippen LogP contribution in [0.15, 0.2) is 67.1 Å². The Kier molecular flexibility index (Phi) is 3.71. The second-order valence-electron chi connectivity index (χ2n) is 4.89. The normalized spacial score (nSPS) is 12.1. The van der Waals surface area contributed by atoms with Crippen molar-refractivity contribution in [2.24, 2.45) is 5.73 Å². The fourth-order valence-electron chi connectivity index (χ4n) is 2.18. The molecule has 0 aliphatic rings. The van der Waals surface area contributed by atoms with Gasteiger partial charge in [-0.3, -0.25) is 0 Å². The quantitative estimate of drug-likeness (QED) is 0.792. The second-order valence-corrected chi connectivity index (χ2v) is 4.89. The zero-order chi connectivity index (χ0) is 14.7. The number of hydrogen-bond acceptors (Lipinski definition) is 3. The summed E-state index contributed by atoms with van der Waals surface area (Å²) in [7, 11) is 0. The van der Waals surface area contributed by atoms with Crippen LogP contribution in [0.4, 0.5) is 0 Å². The molecule has 0 saturated carbocycles. The van der Waals surface area contributed by atoms with Crippen LogP contribution in [0.25, 0.3) is 5.69 Å². The van der Waals surface area contributed by atoms with Crippen molar-refractivity contribution in [1.82, 2.24) is 9.55 Å². The van der Waals surface area contributed by atoms with Crippen molar-refractivity contribution >= 4 is 0 Å². The number of nitrogens with two attached hydrogens (primary N) is 1. The number of nitrogens with zero attached hydrogens (tertiary/aromatic N) is 2. The van der Waals surface area contributed by atoms with Crippen LogP contribution in [-0.2, 0) is 0 Å². The summed E-state index contributed by atoms with van der Waals surface area (Å²) in [6.07, 6.45) is 3.55. The van der Waals surface area contributed by atoms with E-state index in [4.69, 9.17) is 10.5 Å². The molecule has 4 heteroatoms. The van der Waals surface area contributed by atoms with Crippen LogP contribution in [0.5, 0.6) is 11.5 Å². The highest BCUT2D eigenvalue weighted by molar-refractivity contribution is 5.42. The summed E-state index contributed by atoms with van der Waals surface area (Å²) in [6, 6.07) is 17.5. The lowest BCUT2D eigenvalue weighted by Crippen LogP contribution is -2.10. The summed E-state index contributed by atoms with van der Waals surface area (Å²) >= 11 is 0. The Morgan fingerprint density at radius 2 is 1.81 bits per heavy atom. The largest absolute Gasteiger partial charge is 0.457 e. The third-order valence-electron chi connectivity index (χ3n) is 3.21. The van der Waals surface area contributed by atoms with Gasteiger partial charge in [0, 0.05) is 12.1 Å². The van der Waals surface area contributed by atoms with E-state index in [0.29, 0.717) is 0 Å². The minimum atomic E-state index is -0.0776. The van der Waals surface area contributed by atoms with Gasteiger partial charge >= 0.3 is 0 Å². The topological polar surface area (TPSA) is 53.1 Å². The predicted molar refractivity (Wildman–Crippen MR) is 82.7 cm³/mol. The summed E-state index contributed by atoms with van der Waals surface area (Å²) in [5, 5.41) is 0. The lowest BCUT2D eigenvalue weighted by molar-refractivity contribution is 0.482. The molecular formula is C17H17N3O. The number of hydrogen-bond donors (Lipinski definition) is 1. The molecule has 3 rings (SSSR count). The number of ether oxygens (including phenoxy) is 1. The van der Waals surface area contributed by atoms with Crippen molar-refractivity contribution in [2.45, 2.75) is 13.0 Å². The van der Waals surface area contributed by atoms with Crippen LogP contribution in [0.2, 0.25) is 0 Å². The number of aromatic nitrogens is 2. The molecule has 0 unspecified atom stereocenters. The zero-order valence-corrected chi connectivity index (χ0v) is 11.8. The van der Waals surface area contributed by atoms with E-state index in [1.54, 1.807) is 12.5 Å². The van der Waals surface area contributed by atoms with Gasteiger partial charge in [0.15, 0.2) is 0 Å². The van der Waals surface area contributed by atoms with Gasteiger partial charge in [-0.25, -0.2) is 4.98 Å². The maximum absolute atomic E-state index is 5.97. The summed E-state index contributed by atoms with van der Waals surface area (Å²) in [5.41, 5.74) is 7.91. The minimum absolute atomic E-state index is 0.0776. The molecule has 1 aromatic heterocycles. The summed E-state index contributed by atoms with van der Waals surface area (Å²) < 4.78 is 7.83. The van der Waals surface area contributed by atoms with Crippen molar-refractivity contribution < 1.29 is 4.74 Å². The Hall–Kier alpha value is -2.59. The monoisotopic (exact) mass is 279 g/mol. The first-order valence-corrected chi connectivity index (χ1v) is 6.85. The maximum Gasteiger partial charge on any atom is 0.129 e. The first-order valence-electron chi connectivity index (χ1n) is 6.85. The standard InChI is InChI=1S/C17H17N3O/c1-13(18)17-11-19-12-20(17)14-6-5-9-16(10-14)21-15-7-3-2-4-8-15/h2-13H,18H2,1H3/t13-/m0/s1. The molecule has 106 valence electrons. The lowest BCUT2D eigenvalue weighted by Gasteiger charge is -2.12. The molecule has 1 heterocycles.